The van der Waals surface area contributed by atoms with Gasteiger partial charge < -0.3 is 14.5 Å². The fourth-order valence-electron chi connectivity index (χ4n) is 4.37. The van der Waals surface area contributed by atoms with Crippen molar-refractivity contribution in [1.82, 2.24) is 9.21 Å². The molecule has 1 aromatic carbocycles. The van der Waals surface area contributed by atoms with Crippen molar-refractivity contribution in [2.75, 3.05) is 37.7 Å². The van der Waals surface area contributed by atoms with Crippen LogP contribution in [0.25, 0.3) is 0 Å². The largest absolute Gasteiger partial charge is 0.450 e. The Morgan fingerprint density at radius 2 is 1.82 bits per heavy atom. The number of sulfonamides is 1. The molecule has 3 aliphatic heterocycles. The molecule has 0 bridgehead atoms. The second kappa shape index (κ2) is 7.04. The predicted octanol–water partition coefficient (Wildman–Crippen LogP) is 1.37. The van der Waals surface area contributed by atoms with Gasteiger partial charge in [0, 0.05) is 38.6 Å². The first-order chi connectivity index (χ1) is 13.3. The van der Waals surface area contributed by atoms with Gasteiger partial charge in [0.1, 0.15) is 0 Å². The highest BCUT2D eigenvalue weighted by atomic mass is 32.2. The molecule has 0 spiro atoms. The zero-order valence-corrected chi connectivity index (χ0v) is 17.0. The monoisotopic (exact) mass is 407 g/mol. The third-order valence-electron chi connectivity index (χ3n) is 5.72. The number of carbonyl (C=O) groups excluding carboxylic acids is 2. The molecule has 2 amide bonds. The molecular weight excluding hydrogens is 382 g/mol. The molecule has 0 unspecified atom stereocenters. The van der Waals surface area contributed by atoms with E-state index in [1.165, 1.54) is 9.21 Å². The van der Waals surface area contributed by atoms with E-state index in [1.807, 2.05) is 11.8 Å². The van der Waals surface area contributed by atoms with Crippen LogP contribution in [0.4, 0.5) is 10.5 Å². The van der Waals surface area contributed by atoms with Crippen molar-refractivity contribution in [2.24, 2.45) is 0 Å². The van der Waals surface area contributed by atoms with E-state index in [0.717, 1.165) is 16.8 Å². The van der Waals surface area contributed by atoms with Crippen LogP contribution in [0.1, 0.15) is 31.4 Å². The number of ether oxygens (including phenoxy) is 1. The highest BCUT2D eigenvalue weighted by Gasteiger charge is 2.38. The van der Waals surface area contributed by atoms with E-state index in [9.17, 15) is 18.0 Å². The Morgan fingerprint density at radius 1 is 1.14 bits per heavy atom. The number of carbonyl (C=O) groups is 2. The lowest BCUT2D eigenvalue weighted by atomic mass is 10.00. The zero-order valence-electron chi connectivity index (χ0n) is 16.2. The number of hydrogen-bond donors (Lipinski definition) is 0. The molecule has 28 heavy (non-hydrogen) atoms. The lowest BCUT2D eigenvalue weighted by Gasteiger charge is -2.33. The number of hydrogen-bond acceptors (Lipinski definition) is 5. The minimum atomic E-state index is -3.65. The van der Waals surface area contributed by atoms with Gasteiger partial charge in [-0.15, -0.1) is 0 Å². The summed E-state index contributed by atoms with van der Waals surface area (Å²) < 4.78 is 32.8. The van der Waals surface area contributed by atoms with Gasteiger partial charge in [-0.2, -0.15) is 4.31 Å². The Bertz CT molecular complexity index is 922. The first-order valence-electron chi connectivity index (χ1n) is 9.72. The molecule has 0 aliphatic carbocycles. The number of benzene rings is 1. The van der Waals surface area contributed by atoms with E-state index in [4.69, 9.17) is 4.74 Å². The molecule has 1 fully saturated rings. The van der Waals surface area contributed by atoms with Gasteiger partial charge in [-0.3, -0.25) is 4.79 Å². The number of amides is 2. The molecule has 1 saturated heterocycles. The summed E-state index contributed by atoms with van der Waals surface area (Å²) in [5.41, 5.74) is 2.78. The molecule has 3 aliphatic rings. The topological polar surface area (TPSA) is 87.2 Å². The Labute approximate surface area is 165 Å². The number of rotatable bonds is 3. The van der Waals surface area contributed by atoms with Crippen LogP contribution in [-0.2, 0) is 32.4 Å². The minimum Gasteiger partial charge on any atom is -0.450 e. The molecule has 3 heterocycles. The van der Waals surface area contributed by atoms with Crippen LogP contribution in [0.2, 0.25) is 0 Å². The lowest BCUT2D eigenvalue weighted by Crippen LogP contribution is -2.50. The van der Waals surface area contributed by atoms with Gasteiger partial charge in [0.2, 0.25) is 15.9 Å². The van der Waals surface area contributed by atoms with E-state index < -0.39 is 16.1 Å². The van der Waals surface area contributed by atoms with E-state index >= 15 is 0 Å². The Morgan fingerprint density at radius 3 is 2.50 bits per heavy atom. The van der Waals surface area contributed by atoms with Gasteiger partial charge in [0.25, 0.3) is 0 Å². The van der Waals surface area contributed by atoms with Gasteiger partial charge in [0.05, 0.1) is 17.2 Å². The fraction of sp³-hybridized carbons (Fsp3) is 0.579. The summed E-state index contributed by atoms with van der Waals surface area (Å²) in [6.45, 7) is 5.16. The van der Waals surface area contributed by atoms with Gasteiger partial charge in [-0.05, 0) is 49.9 Å². The Balaban J connectivity index is 1.58. The Kier molecular flexibility index (Phi) is 4.83. The van der Waals surface area contributed by atoms with Gasteiger partial charge in [-0.25, -0.2) is 13.2 Å². The summed E-state index contributed by atoms with van der Waals surface area (Å²) in [6, 6.07) is 3.51. The fourth-order valence-corrected chi connectivity index (χ4v) is 5.89. The quantitative estimate of drug-likeness (QED) is 0.755. The van der Waals surface area contributed by atoms with E-state index in [1.54, 1.807) is 19.1 Å². The van der Waals surface area contributed by atoms with E-state index in [-0.39, 0.29) is 29.9 Å². The van der Waals surface area contributed by atoms with Crippen LogP contribution < -0.4 is 4.90 Å². The lowest BCUT2D eigenvalue weighted by molar-refractivity contribution is -0.119. The van der Waals surface area contributed by atoms with Gasteiger partial charge in [0.15, 0.2) is 0 Å². The van der Waals surface area contributed by atoms with E-state index in [0.29, 0.717) is 39.0 Å². The number of aryl methyl sites for hydroxylation is 1. The maximum absolute atomic E-state index is 13.2. The van der Waals surface area contributed by atoms with Crippen molar-refractivity contribution in [1.29, 1.82) is 0 Å². The number of piperazine rings is 1. The smallest absolute Gasteiger partial charge is 0.409 e. The van der Waals surface area contributed by atoms with Crippen LogP contribution in [0.3, 0.4) is 0 Å². The molecule has 1 atom stereocenters. The van der Waals surface area contributed by atoms with Crippen LogP contribution in [0.5, 0.6) is 0 Å². The maximum Gasteiger partial charge on any atom is 0.409 e. The summed E-state index contributed by atoms with van der Waals surface area (Å²) in [6.07, 6.45) is 1.26. The number of anilines is 1. The van der Waals surface area contributed by atoms with Gasteiger partial charge >= 0.3 is 6.09 Å². The third kappa shape index (κ3) is 3.06. The maximum atomic E-state index is 13.2. The third-order valence-corrected chi connectivity index (χ3v) is 7.59. The van der Waals surface area contributed by atoms with Crippen LogP contribution in [-0.4, -0.2) is 68.5 Å². The van der Waals surface area contributed by atoms with Crippen LogP contribution in [0.15, 0.2) is 17.0 Å². The second-order valence-corrected chi connectivity index (χ2v) is 9.44. The van der Waals surface area contributed by atoms with Crippen molar-refractivity contribution in [2.45, 2.75) is 44.0 Å². The highest BCUT2D eigenvalue weighted by molar-refractivity contribution is 7.89. The molecule has 9 heteroatoms. The first-order valence-corrected chi connectivity index (χ1v) is 11.2. The van der Waals surface area contributed by atoms with Gasteiger partial charge in [-0.1, -0.05) is 0 Å². The molecule has 1 aromatic rings. The SMILES string of the molecule is CCOC(=O)N1CCN(S(=O)(=O)c2cc3c4c(c2)C[C@H](C)N4C(=O)CC3)CC1. The summed E-state index contributed by atoms with van der Waals surface area (Å²) >= 11 is 0. The first kappa shape index (κ1) is 19.2. The normalized spacial score (nSPS) is 22.4. The summed E-state index contributed by atoms with van der Waals surface area (Å²) in [5.74, 6) is 0.115. The minimum absolute atomic E-state index is 0.0626. The van der Waals surface area contributed by atoms with Crippen molar-refractivity contribution in [3.05, 3.63) is 23.3 Å². The molecule has 0 aromatic heterocycles. The molecule has 4 rings (SSSR count). The van der Waals surface area contributed by atoms with Crippen LogP contribution >= 0.6 is 0 Å². The highest BCUT2D eigenvalue weighted by Crippen LogP contribution is 2.41. The average molecular weight is 407 g/mol. The van der Waals surface area contributed by atoms with Crippen molar-refractivity contribution >= 4 is 27.7 Å². The Hall–Kier alpha value is -2.13. The predicted molar refractivity (Wildman–Crippen MR) is 103 cm³/mol. The van der Waals surface area contributed by atoms with Crippen molar-refractivity contribution in [3.63, 3.8) is 0 Å². The molecular formula is C19H25N3O5S. The molecule has 0 N–H and O–H groups in total. The summed E-state index contributed by atoms with van der Waals surface area (Å²) in [5, 5.41) is 0. The molecule has 152 valence electrons. The molecule has 0 saturated carbocycles. The summed E-state index contributed by atoms with van der Waals surface area (Å²) in [7, 11) is -3.65. The number of nitrogens with zero attached hydrogens (tertiary/aromatic N) is 3. The molecule has 0 radical (unpaired) electrons. The summed E-state index contributed by atoms with van der Waals surface area (Å²) in [4.78, 5) is 27.7. The average Bonchev–Trinajstić information content (AvgIpc) is 3.02. The van der Waals surface area contributed by atoms with Crippen molar-refractivity contribution < 1.29 is 22.7 Å². The standard InChI is InChI=1S/C19H25N3O5S/c1-3-27-19(24)20-6-8-21(9-7-20)28(25,26)16-11-14-4-5-17(23)22-13(2)10-15(12-16)18(14)22/h11-13H,3-10H2,1-2H3/t13-/m0/s1. The van der Waals surface area contributed by atoms with Crippen molar-refractivity contribution in [3.8, 4) is 0 Å². The zero-order chi connectivity index (χ0) is 20.1. The van der Waals surface area contributed by atoms with E-state index in [2.05, 4.69) is 0 Å². The second-order valence-electron chi connectivity index (χ2n) is 7.50. The molecule has 8 nitrogen and oxygen atoms in total. The van der Waals surface area contributed by atoms with Crippen LogP contribution in [0, 0.1) is 0 Å².